The standard InChI is InChI=1S/C22H26N4O3S2/c1-31(27,28)25-16-13-17-6-7-18(14-16)26(17)12-10-15-4-8-19(9-5-15)29-22-24-20-3-2-11-23-21(20)30-22/h2-5,8-9,11,16-18,25H,6-7,10,12-14H2,1H3/t16?,17-,18?/m0/s1. The van der Waals surface area contributed by atoms with Gasteiger partial charge in [-0.1, -0.05) is 23.5 Å². The van der Waals surface area contributed by atoms with E-state index in [-0.39, 0.29) is 6.04 Å². The molecule has 2 unspecified atom stereocenters. The van der Waals surface area contributed by atoms with Crippen LogP contribution < -0.4 is 9.46 Å². The number of nitrogens with zero attached hydrogens (tertiary/aromatic N) is 3. The van der Waals surface area contributed by atoms with E-state index in [9.17, 15) is 8.42 Å². The predicted molar refractivity (Wildman–Crippen MR) is 122 cm³/mol. The molecule has 3 atom stereocenters. The van der Waals surface area contributed by atoms with Gasteiger partial charge < -0.3 is 4.74 Å². The van der Waals surface area contributed by atoms with Crippen molar-refractivity contribution in [3.05, 3.63) is 48.2 Å². The lowest BCUT2D eigenvalue weighted by molar-refractivity contribution is 0.125. The molecule has 1 aromatic carbocycles. The number of rotatable bonds is 7. The first-order chi connectivity index (χ1) is 14.9. The number of sulfonamides is 1. The van der Waals surface area contributed by atoms with Crippen molar-refractivity contribution in [1.82, 2.24) is 19.6 Å². The summed E-state index contributed by atoms with van der Waals surface area (Å²) in [4.78, 5) is 12.2. The summed E-state index contributed by atoms with van der Waals surface area (Å²) in [6.45, 7) is 1.00. The first-order valence-electron chi connectivity index (χ1n) is 10.6. The Hall–Kier alpha value is -2.07. The van der Waals surface area contributed by atoms with E-state index in [4.69, 9.17) is 4.74 Å². The van der Waals surface area contributed by atoms with Gasteiger partial charge in [0.25, 0.3) is 5.19 Å². The highest BCUT2D eigenvalue weighted by Crippen LogP contribution is 2.36. The number of benzene rings is 1. The number of hydrogen-bond donors (Lipinski definition) is 1. The Balaban J connectivity index is 1.16. The molecule has 5 rings (SSSR count). The number of nitrogens with one attached hydrogen (secondary N) is 1. The van der Waals surface area contributed by atoms with Crippen LogP contribution in [-0.2, 0) is 16.4 Å². The van der Waals surface area contributed by atoms with Gasteiger partial charge >= 0.3 is 0 Å². The van der Waals surface area contributed by atoms with Gasteiger partial charge in [-0.05, 0) is 61.9 Å². The molecule has 0 saturated carbocycles. The van der Waals surface area contributed by atoms with Crippen molar-refractivity contribution >= 4 is 31.7 Å². The van der Waals surface area contributed by atoms with Gasteiger partial charge in [0.1, 0.15) is 16.1 Å². The van der Waals surface area contributed by atoms with E-state index in [0.717, 1.165) is 54.7 Å². The summed E-state index contributed by atoms with van der Waals surface area (Å²) < 4.78 is 31.9. The highest BCUT2D eigenvalue weighted by molar-refractivity contribution is 7.88. The third kappa shape index (κ3) is 4.90. The summed E-state index contributed by atoms with van der Waals surface area (Å²) >= 11 is 1.44. The Labute approximate surface area is 186 Å². The molecule has 2 saturated heterocycles. The van der Waals surface area contributed by atoms with Crippen molar-refractivity contribution in [2.24, 2.45) is 0 Å². The molecule has 164 valence electrons. The van der Waals surface area contributed by atoms with Crippen molar-refractivity contribution in [3.63, 3.8) is 0 Å². The van der Waals surface area contributed by atoms with Crippen molar-refractivity contribution < 1.29 is 13.2 Å². The van der Waals surface area contributed by atoms with Crippen molar-refractivity contribution in [1.29, 1.82) is 0 Å². The molecule has 9 heteroatoms. The van der Waals surface area contributed by atoms with E-state index < -0.39 is 10.0 Å². The van der Waals surface area contributed by atoms with E-state index in [1.54, 1.807) is 6.20 Å². The monoisotopic (exact) mass is 458 g/mol. The molecule has 4 heterocycles. The average molecular weight is 459 g/mol. The van der Waals surface area contributed by atoms with Crippen LogP contribution in [0, 0.1) is 0 Å². The fraction of sp³-hybridized carbons (Fsp3) is 0.455. The van der Waals surface area contributed by atoms with Crippen LogP contribution in [0.15, 0.2) is 42.6 Å². The molecule has 0 radical (unpaired) electrons. The number of thiazole rings is 1. The Morgan fingerprint density at radius 3 is 2.58 bits per heavy atom. The zero-order valence-corrected chi connectivity index (χ0v) is 19.0. The molecule has 31 heavy (non-hydrogen) atoms. The third-order valence-electron chi connectivity index (χ3n) is 6.20. The van der Waals surface area contributed by atoms with E-state index >= 15 is 0 Å². The average Bonchev–Trinajstić information content (AvgIpc) is 3.23. The smallest absolute Gasteiger partial charge is 0.281 e. The Morgan fingerprint density at radius 2 is 1.90 bits per heavy atom. The van der Waals surface area contributed by atoms with Crippen LogP contribution in [0.5, 0.6) is 10.9 Å². The minimum absolute atomic E-state index is 0.0814. The van der Waals surface area contributed by atoms with Gasteiger partial charge in [0.2, 0.25) is 10.0 Å². The van der Waals surface area contributed by atoms with Gasteiger partial charge in [-0.2, -0.15) is 0 Å². The minimum atomic E-state index is -3.14. The molecule has 2 bridgehead atoms. The van der Waals surface area contributed by atoms with Gasteiger partial charge in [-0.25, -0.2) is 23.1 Å². The lowest BCUT2D eigenvalue weighted by Crippen LogP contribution is -2.50. The van der Waals surface area contributed by atoms with Crippen molar-refractivity contribution in [3.8, 4) is 10.9 Å². The van der Waals surface area contributed by atoms with E-state index in [2.05, 4.69) is 31.7 Å². The number of ether oxygens (including phenoxy) is 1. The van der Waals surface area contributed by atoms with Crippen LogP contribution in [0.1, 0.15) is 31.2 Å². The lowest BCUT2D eigenvalue weighted by Gasteiger charge is -2.39. The van der Waals surface area contributed by atoms with Crippen molar-refractivity contribution in [2.75, 3.05) is 12.8 Å². The SMILES string of the molecule is CS(=O)(=O)NC1CC2CC[C@@H](C1)N2CCc1ccc(Oc2nc3cccnc3s2)cc1. The summed E-state index contributed by atoms with van der Waals surface area (Å²) in [5.41, 5.74) is 2.12. The fourth-order valence-electron chi connectivity index (χ4n) is 4.92. The quantitative estimate of drug-likeness (QED) is 0.583. The highest BCUT2D eigenvalue weighted by atomic mass is 32.2. The summed E-state index contributed by atoms with van der Waals surface area (Å²) in [6, 6.07) is 13.1. The van der Waals surface area contributed by atoms with Gasteiger partial charge in [0.15, 0.2) is 0 Å². The van der Waals surface area contributed by atoms with Crippen LogP contribution in [0.2, 0.25) is 0 Å². The topological polar surface area (TPSA) is 84.4 Å². The van der Waals surface area contributed by atoms with Crippen LogP contribution in [0.25, 0.3) is 10.3 Å². The first kappa shape index (κ1) is 20.8. The normalized spacial score (nSPS) is 24.0. The molecule has 2 aliphatic heterocycles. The van der Waals surface area contributed by atoms with Crippen molar-refractivity contribution in [2.45, 2.75) is 50.2 Å². The molecule has 2 aromatic heterocycles. The maximum atomic E-state index is 11.6. The zero-order valence-electron chi connectivity index (χ0n) is 17.4. The van der Waals surface area contributed by atoms with Crippen LogP contribution in [-0.4, -0.2) is 54.2 Å². The summed E-state index contributed by atoms with van der Waals surface area (Å²) in [5, 5.41) is 0.601. The predicted octanol–water partition coefficient (Wildman–Crippen LogP) is 3.57. The minimum Gasteiger partial charge on any atom is -0.431 e. The molecule has 7 nitrogen and oxygen atoms in total. The van der Waals surface area contributed by atoms with Gasteiger partial charge in [0, 0.05) is 30.9 Å². The Morgan fingerprint density at radius 1 is 1.16 bits per heavy atom. The second kappa shape index (κ2) is 8.46. The molecule has 1 N–H and O–H groups in total. The van der Waals surface area contributed by atoms with Crippen LogP contribution >= 0.6 is 11.3 Å². The molecular formula is C22H26N4O3S2. The molecule has 2 aliphatic rings. The lowest BCUT2D eigenvalue weighted by atomic mass is 9.97. The molecule has 3 aromatic rings. The fourth-order valence-corrected chi connectivity index (χ4v) is 6.49. The van der Waals surface area contributed by atoms with Crippen LogP contribution in [0.4, 0.5) is 0 Å². The summed E-state index contributed by atoms with van der Waals surface area (Å²) in [6.07, 6.45) is 8.13. The molecule has 0 spiro atoms. The highest BCUT2D eigenvalue weighted by Gasteiger charge is 2.40. The number of aromatic nitrogens is 2. The molecular weight excluding hydrogens is 432 g/mol. The number of fused-ring (bicyclic) bond motifs is 3. The summed E-state index contributed by atoms with van der Waals surface area (Å²) in [5.74, 6) is 0.774. The maximum Gasteiger partial charge on any atom is 0.281 e. The maximum absolute atomic E-state index is 11.6. The molecule has 2 fully saturated rings. The second-order valence-corrected chi connectivity index (χ2v) is 11.2. The molecule has 0 aliphatic carbocycles. The van der Waals surface area contributed by atoms with Gasteiger partial charge in [-0.15, -0.1) is 0 Å². The van der Waals surface area contributed by atoms with Gasteiger partial charge in [0.05, 0.1) is 6.26 Å². The third-order valence-corrected chi connectivity index (χ3v) is 7.82. The number of piperidine rings is 1. The van der Waals surface area contributed by atoms with E-state index in [0.29, 0.717) is 17.3 Å². The second-order valence-electron chi connectivity index (χ2n) is 8.48. The largest absolute Gasteiger partial charge is 0.431 e. The Bertz CT molecular complexity index is 1120. The summed E-state index contributed by atoms with van der Waals surface area (Å²) in [7, 11) is -3.14. The van der Waals surface area contributed by atoms with Gasteiger partial charge in [-0.3, -0.25) is 4.90 Å². The Kier molecular flexibility index (Phi) is 5.68. The van der Waals surface area contributed by atoms with E-state index in [1.807, 2.05) is 24.3 Å². The first-order valence-corrected chi connectivity index (χ1v) is 13.4. The number of hydrogen-bond acceptors (Lipinski definition) is 7. The molecule has 0 amide bonds. The number of pyridine rings is 1. The van der Waals surface area contributed by atoms with E-state index in [1.165, 1.54) is 23.2 Å². The zero-order chi connectivity index (χ0) is 21.4. The van der Waals surface area contributed by atoms with Crippen LogP contribution in [0.3, 0.4) is 0 Å².